The SMILES string of the molecule is Cc1ccc(-c2ccn3nccc(Oc4ccc(CC(=O)c5c(C)n(C)n(-c6ccc(F)cc6)c5=O)cc4F)c23)cn1. The predicted molar refractivity (Wildman–Crippen MR) is 153 cm³/mol. The molecular weight excluding hydrogens is 540 g/mol. The summed E-state index contributed by atoms with van der Waals surface area (Å²) in [6.45, 7) is 3.56. The Morgan fingerprint density at radius 3 is 2.45 bits per heavy atom. The average molecular weight is 566 g/mol. The van der Waals surface area contributed by atoms with E-state index in [1.807, 2.05) is 25.1 Å². The Kier molecular flexibility index (Phi) is 6.74. The summed E-state index contributed by atoms with van der Waals surface area (Å²) in [5.41, 5.74) is 3.96. The van der Waals surface area contributed by atoms with E-state index in [0.29, 0.717) is 28.2 Å². The van der Waals surface area contributed by atoms with Crippen LogP contribution in [0.25, 0.3) is 22.3 Å². The van der Waals surface area contributed by atoms with E-state index in [2.05, 4.69) is 10.1 Å². The number of hydrogen-bond acceptors (Lipinski definition) is 5. The van der Waals surface area contributed by atoms with E-state index < -0.39 is 23.0 Å². The summed E-state index contributed by atoms with van der Waals surface area (Å²) in [5, 5.41) is 4.33. The molecule has 0 unspecified atom stereocenters. The number of aryl methyl sites for hydroxylation is 1. The first-order chi connectivity index (χ1) is 20.2. The molecule has 210 valence electrons. The van der Waals surface area contributed by atoms with Gasteiger partial charge in [-0.15, -0.1) is 0 Å². The molecule has 0 spiro atoms. The second kappa shape index (κ2) is 10.5. The van der Waals surface area contributed by atoms with Gasteiger partial charge >= 0.3 is 0 Å². The van der Waals surface area contributed by atoms with Crippen molar-refractivity contribution in [3.63, 3.8) is 0 Å². The lowest BCUT2D eigenvalue weighted by Gasteiger charge is -2.11. The number of carbonyl (C=O) groups is 1. The first-order valence-electron chi connectivity index (χ1n) is 13.1. The maximum Gasteiger partial charge on any atom is 0.282 e. The van der Waals surface area contributed by atoms with E-state index in [1.54, 1.807) is 49.2 Å². The zero-order valence-electron chi connectivity index (χ0n) is 23.0. The third kappa shape index (κ3) is 4.77. The van der Waals surface area contributed by atoms with Gasteiger partial charge in [-0.1, -0.05) is 12.1 Å². The highest BCUT2D eigenvalue weighted by atomic mass is 19.1. The second-order valence-electron chi connectivity index (χ2n) is 9.95. The van der Waals surface area contributed by atoms with Crippen molar-refractivity contribution in [1.29, 1.82) is 0 Å². The van der Waals surface area contributed by atoms with E-state index in [1.165, 1.54) is 45.8 Å². The van der Waals surface area contributed by atoms with Crippen LogP contribution < -0.4 is 10.3 Å². The molecule has 42 heavy (non-hydrogen) atoms. The largest absolute Gasteiger partial charge is 0.452 e. The number of hydrogen-bond donors (Lipinski definition) is 0. The van der Waals surface area contributed by atoms with E-state index in [4.69, 9.17) is 4.74 Å². The molecule has 0 N–H and O–H groups in total. The van der Waals surface area contributed by atoms with Crippen molar-refractivity contribution in [3.05, 3.63) is 130 Å². The molecule has 4 aromatic heterocycles. The molecule has 6 aromatic rings. The number of ether oxygens (including phenoxy) is 1. The Balaban J connectivity index is 1.27. The van der Waals surface area contributed by atoms with Crippen LogP contribution in [0.5, 0.6) is 11.5 Å². The van der Waals surface area contributed by atoms with Crippen LogP contribution in [-0.2, 0) is 13.5 Å². The lowest BCUT2D eigenvalue weighted by atomic mass is 10.0. The van der Waals surface area contributed by atoms with Gasteiger partial charge in [0.15, 0.2) is 23.1 Å². The first-order valence-corrected chi connectivity index (χ1v) is 13.1. The Morgan fingerprint density at radius 1 is 0.952 bits per heavy atom. The summed E-state index contributed by atoms with van der Waals surface area (Å²) in [6.07, 6.45) is 4.92. The number of aromatic nitrogens is 5. The fraction of sp³-hybridized carbons (Fsp3) is 0.125. The van der Waals surface area contributed by atoms with E-state index in [-0.39, 0.29) is 17.7 Å². The van der Waals surface area contributed by atoms with Gasteiger partial charge in [0.1, 0.15) is 16.9 Å². The molecule has 0 radical (unpaired) electrons. The number of Topliss-reactive ketones (excluding diaryl/α,β-unsaturated/α-hetero) is 1. The van der Waals surface area contributed by atoms with Gasteiger partial charge in [0.2, 0.25) is 0 Å². The van der Waals surface area contributed by atoms with Crippen molar-refractivity contribution in [2.24, 2.45) is 7.05 Å². The molecule has 0 aliphatic heterocycles. The zero-order valence-corrected chi connectivity index (χ0v) is 23.0. The Bertz CT molecular complexity index is 2020. The van der Waals surface area contributed by atoms with E-state index >= 15 is 4.39 Å². The van der Waals surface area contributed by atoms with Crippen molar-refractivity contribution < 1.29 is 18.3 Å². The quantitative estimate of drug-likeness (QED) is 0.222. The first kappa shape index (κ1) is 26.8. The number of halogens is 2. The minimum absolute atomic E-state index is 0.00639. The molecule has 4 heterocycles. The summed E-state index contributed by atoms with van der Waals surface area (Å²) < 4.78 is 39.2. The summed E-state index contributed by atoms with van der Waals surface area (Å²) in [4.78, 5) is 30.8. The number of fused-ring (bicyclic) bond motifs is 1. The second-order valence-corrected chi connectivity index (χ2v) is 9.95. The number of carbonyl (C=O) groups excluding carboxylic acids is 1. The van der Waals surface area contributed by atoms with E-state index in [0.717, 1.165) is 16.8 Å². The van der Waals surface area contributed by atoms with Crippen molar-refractivity contribution in [2.75, 3.05) is 0 Å². The molecule has 2 aromatic carbocycles. The van der Waals surface area contributed by atoms with E-state index in [9.17, 15) is 14.0 Å². The minimum atomic E-state index is -0.658. The maximum atomic E-state index is 15.3. The van der Waals surface area contributed by atoms with Gasteiger partial charge in [-0.05, 0) is 67.9 Å². The van der Waals surface area contributed by atoms with Gasteiger partial charge in [0.05, 0.1) is 11.9 Å². The Morgan fingerprint density at radius 2 is 1.74 bits per heavy atom. The maximum absolute atomic E-state index is 15.3. The minimum Gasteiger partial charge on any atom is -0.452 e. The lowest BCUT2D eigenvalue weighted by molar-refractivity contribution is 0.0991. The molecule has 0 fully saturated rings. The average Bonchev–Trinajstić information content (AvgIpc) is 3.50. The lowest BCUT2D eigenvalue weighted by Crippen LogP contribution is -2.23. The van der Waals surface area contributed by atoms with Gasteiger partial charge in [0, 0.05) is 54.4 Å². The molecule has 0 aliphatic rings. The normalized spacial score (nSPS) is 11.3. The molecule has 0 aliphatic carbocycles. The number of pyridine rings is 1. The topological polar surface area (TPSA) is 83.4 Å². The summed E-state index contributed by atoms with van der Waals surface area (Å²) >= 11 is 0. The third-order valence-corrected chi connectivity index (χ3v) is 7.22. The predicted octanol–water partition coefficient (Wildman–Crippen LogP) is 6.00. The van der Waals surface area contributed by atoms with Crippen LogP contribution in [0.3, 0.4) is 0 Å². The highest BCUT2D eigenvalue weighted by molar-refractivity contribution is 5.98. The van der Waals surface area contributed by atoms with Crippen LogP contribution in [0.15, 0.2) is 90.1 Å². The van der Waals surface area contributed by atoms with Crippen LogP contribution >= 0.6 is 0 Å². The van der Waals surface area contributed by atoms with Gasteiger partial charge in [-0.3, -0.25) is 19.3 Å². The van der Waals surface area contributed by atoms with Crippen LogP contribution in [0.1, 0.15) is 27.3 Å². The van der Waals surface area contributed by atoms with Gasteiger partial charge in [0.25, 0.3) is 5.56 Å². The molecule has 0 atom stereocenters. The molecular formula is C32H25F2N5O3. The zero-order chi connectivity index (χ0) is 29.5. The molecule has 0 amide bonds. The van der Waals surface area contributed by atoms with Gasteiger partial charge in [-0.2, -0.15) is 5.10 Å². The molecule has 0 bridgehead atoms. The number of rotatable bonds is 7. The fourth-order valence-electron chi connectivity index (χ4n) is 4.99. The highest BCUT2D eigenvalue weighted by Gasteiger charge is 2.23. The standard InChI is InChI=1S/C32H25F2N5O3/c1-19-4-6-22(18-35-19)25-13-15-38-31(25)29(12-14-36-38)42-28-11-5-21(16-26(28)34)17-27(40)30-20(2)37(3)39(32(30)41)24-9-7-23(33)8-10-24/h4-16,18H,17H2,1-3H3. The molecule has 0 saturated carbocycles. The highest BCUT2D eigenvalue weighted by Crippen LogP contribution is 2.35. The number of benzene rings is 2. The van der Waals surface area contributed by atoms with Crippen molar-refractivity contribution in [1.82, 2.24) is 24.0 Å². The monoisotopic (exact) mass is 565 g/mol. The van der Waals surface area contributed by atoms with Gasteiger partial charge in [-0.25, -0.2) is 18.0 Å². The third-order valence-electron chi connectivity index (χ3n) is 7.22. The van der Waals surface area contributed by atoms with Gasteiger partial charge < -0.3 is 4.74 Å². The van der Waals surface area contributed by atoms with Crippen molar-refractivity contribution in [3.8, 4) is 28.3 Å². The number of ketones is 1. The smallest absolute Gasteiger partial charge is 0.282 e. The molecule has 6 rings (SSSR count). The fourth-order valence-corrected chi connectivity index (χ4v) is 4.99. The van der Waals surface area contributed by atoms with Crippen molar-refractivity contribution in [2.45, 2.75) is 20.3 Å². The van der Waals surface area contributed by atoms with Crippen molar-refractivity contribution >= 4 is 11.3 Å². The molecule has 8 nitrogen and oxygen atoms in total. The Hall–Kier alpha value is -5.38. The summed E-state index contributed by atoms with van der Waals surface area (Å²) in [5.74, 6) is -1.18. The Labute approximate surface area is 239 Å². The molecule has 0 saturated heterocycles. The summed E-state index contributed by atoms with van der Waals surface area (Å²) in [6, 6.07) is 17.1. The van der Waals surface area contributed by atoms with Crippen LogP contribution in [0, 0.1) is 25.5 Å². The molecule has 10 heteroatoms. The van der Waals surface area contributed by atoms with Crippen LogP contribution in [0.4, 0.5) is 8.78 Å². The van der Waals surface area contributed by atoms with Crippen LogP contribution in [0.2, 0.25) is 0 Å². The van der Waals surface area contributed by atoms with Crippen LogP contribution in [-0.4, -0.2) is 29.7 Å². The summed E-state index contributed by atoms with van der Waals surface area (Å²) in [7, 11) is 1.64. The number of nitrogens with zero attached hydrogens (tertiary/aromatic N) is 5.